The molecule has 5 heteroatoms. The fraction of sp³-hybridized carbons (Fsp3) is 0.722. The van der Waals surface area contributed by atoms with Gasteiger partial charge in [-0.25, -0.2) is 0 Å². The van der Waals surface area contributed by atoms with Gasteiger partial charge < -0.3 is 5.32 Å². The molecule has 1 saturated carbocycles. The van der Waals surface area contributed by atoms with E-state index in [0.29, 0.717) is 25.4 Å². The van der Waals surface area contributed by atoms with Crippen LogP contribution in [0.15, 0.2) is 0 Å². The number of carbonyl (C=O) groups excluding carboxylic acids is 1. The van der Waals surface area contributed by atoms with Gasteiger partial charge in [0.25, 0.3) is 0 Å². The van der Waals surface area contributed by atoms with Crippen molar-refractivity contribution in [1.29, 1.82) is 5.26 Å². The van der Waals surface area contributed by atoms with Gasteiger partial charge in [0.15, 0.2) is 0 Å². The summed E-state index contributed by atoms with van der Waals surface area (Å²) in [5, 5.41) is 16.4. The van der Waals surface area contributed by atoms with Gasteiger partial charge in [-0.05, 0) is 57.4 Å². The number of hydrogen-bond donors (Lipinski definition) is 1. The molecule has 126 valence electrons. The molecule has 0 aliphatic heterocycles. The molecule has 0 aromatic carbocycles. The second-order valence-electron chi connectivity index (χ2n) is 6.80. The minimum Gasteiger partial charge on any atom is -0.353 e. The molecule has 1 aromatic rings. The molecule has 1 aliphatic carbocycles. The number of aromatic nitrogens is 2. The van der Waals surface area contributed by atoms with Crippen molar-refractivity contribution in [2.75, 3.05) is 0 Å². The molecular formula is C18H28N4O. The van der Waals surface area contributed by atoms with Crippen LogP contribution in [0.1, 0.15) is 62.4 Å². The molecule has 0 radical (unpaired) electrons. The molecule has 1 N–H and O–H groups in total. The summed E-state index contributed by atoms with van der Waals surface area (Å²) in [5.41, 5.74) is 3.20. The molecule has 1 amide bonds. The van der Waals surface area contributed by atoms with E-state index in [1.54, 1.807) is 0 Å². The maximum Gasteiger partial charge on any atom is 0.220 e. The summed E-state index contributed by atoms with van der Waals surface area (Å²) < 4.78 is 1.88. The summed E-state index contributed by atoms with van der Waals surface area (Å²) in [5.74, 6) is 0.945. The van der Waals surface area contributed by atoms with E-state index in [2.05, 4.69) is 23.4 Å². The number of carbonyl (C=O) groups is 1. The van der Waals surface area contributed by atoms with E-state index in [4.69, 9.17) is 5.26 Å². The molecule has 1 aromatic heterocycles. The van der Waals surface area contributed by atoms with Gasteiger partial charge in [-0.1, -0.05) is 6.92 Å². The Hall–Kier alpha value is -1.83. The van der Waals surface area contributed by atoms with Gasteiger partial charge in [0.2, 0.25) is 5.91 Å². The average Bonchev–Trinajstić information content (AvgIpc) is 2.79. The van der Waals surface area contributed by atoms with Crippen molar-refractivity contribution in [2.45, 2.75) is 78.3 Å². The molecular weight excluding hydrogens is 288 g/mol. The highest BCUT2D eigenvalue weighted by molar-refractivity contribution is 5.76. The van der Waals surface area contributed by atoms with E-state index in [1.165, 1.54) is 12.8 Å². The molecule has 5 nitrogen and oxygen atoms in total. The van der Waals surface area contributed by atoms with Crippen LogP contribution in [0.3, 0.4) is 0 Å². The Bertz CT molecular complexity index is 577. The van der Waals surface area contributed by atoms with Gasteiger partial charge in [0.05, 0.1) is 24.7 Å². The number of nitriles is 1. The van der Waals surface area contributed by atoms with Crippen molar-refractivity contribution in [3.63, 3.8) is 0 Å². The van der Waals surface area contributed by atoms with Crippen molar-refractivity contribution < 1.29 is 4.79 Å². The second-order valence-corrected chi connectivity index (χ2v) is 6.80. The third kappa shape index (κ3) is 4.82. The third-order valence-electron chi connectivity index (χ3n) is 4.95. The Morgan fingerprint density at radius 3 is 2.70 bits per heavy atom. The van der Waals surface area contributed by atoms with E-state index in [0.717, 1.165) is 42.1 Å². The summed E-state index contributed by atoms with van der Waals surface area (Å²) in [6.07, 6.45) is 6.34. The molecule has 1 fully saturated rings. The lowest BCUT2D eigenvalue weighted by Gasteiger charge is -2.26. The predicted molar refractivity (Wildman–Crippen MR) is 89.8 cm³/mol. The first-order chi connectivity index (χ1) is 11.0. The van der Waals surface area contributed by atoms with E-state index < -0.39 is 0 Å². The monoisotopic (exact) mass is 316 g/mol. The summed E-state index contributed by atoms with van der Waals surface area (Å²) in [7, 11) is 0. The first-order valence-electron chi connectivity index (χ1n) is 8.70. The number of aryl methyl sites for hydroxylation is 2. The highest BCUT2D eigenvalue weighted by atomic mass is 16.1. The van der Waals surface area contributed by atoms with Crippen LogP contribution in [-0.4, -0.2) is 21.7 Å². The summed E-state index contributed by atoms with van der Waals surface area (Å²) in [6, 6.07) is 2.51. The van der Waals surface area contributed by atoms with Gasteiger partial charge >= 0.3 is 0 Å². The number of hydrogen-bond acceptors (Lipinski definition) is 3. The summed E-state index contributed by atoms with van der Waals surface area (Å²) >= 11 is 0. The summed E-state index contributed by atoms with van der Waals surface area (Å²) in [6.45, 7) is 6.90. The van der Waals surface area contributed by atoms with Crippen molar-refractivity contribution >= 4 is 5.91 Å². The average molecular weight is 316 g/mol. The van der Waals surface area contributed by atoms with Gasteiger partial charge in [-0.2, -0.15) is 10.4 Å². The molecule has 0 saturated heterocycles. The lowest BCUT2D eigenvalue weighted by molar-refractivity contribution is -0.122. The van der Waals surface area contributed by atoms with E-state index in [-0.39, 0.29) is 5.91 Å². The van der Waals surface area contributed by atoms with Crippen molar-refractivity contribution in [3.8, 4) is 6.07 Å². The Morgan fingerprint density at radius 2 is 2.04 bits per heavy atom. The molecule has 0 unspecified atom stereocenters. The van der Waals surface area contributed by atoms with Crippen molar-refractivity contribution in [1.82, 2.24) is 15.1 Å². The molecule has 0 atom stereocenters. The zero-order chi connectivity index (χ0) is 16.8. The zero-order valence-corrected chi connectivity index (χ0v) is 14.6. The fourth-order valence-corrected chi connectivity index (χ4v) is 3.41. The number of nitrogens with one attached hydrogen (secondary N) is 1. The Morgan fingerprint density at radius 1 is 1.35 bits per heavy atom. The molecule has 1 heterocycles. The SMILES string of the molecule is Cc1nn(CCC#N)c(C)c1CCC(=O)NC1CCC(C)CC1. The summed E-state index contributed by atoms with van der Waals surface area (Å²) in [4.78, 5) is 12.2. The normalized spacial score (nSPS) is 21.0. The Labute approximate surface area is 139 Å². The highest BCUT2D eigenvalue weighted by Gasteiger charge is 2.20. The van der Waals surface area contributed by atoms with Crippen LogP contribution >= 0.6 is 0 Å². The Kier molecular flexibility index (Phi) is 6.20. The lowest BCUT2D eigenvalue weighted by Crippen LogP contribution is -2.37. The largest absolute Gasteiger partial charge is 0.353 e. The van der Waals surface area contributed by atoms with Crippen molar-refractivity contribution in [2.24, 2.45) is 5.92 Å². The van der Waals surface area contributed by atoms with Crippen LogP contribution in [0.2, 0.25) is 0 Å². The zero-order valence-electron chi connectivity index (χ0n) is 14.6. The second kappa shape index (κ2) is 8.14. The maximum atomic E-state index is 12.2. The van der Waals surface area contributed by atoms with Crippen LogP contribution in [0.4, 0.5) is 0 Å². The first-order valence-corrected chi connectivity index (χ1v) is 8.70. The maximum absolute atomic E-state index is 12.2. The van der Waals surface area contributed by atoms with Crippen LogP contribution in [0.5, 0.6) is 0 Å². The number of rotatable bonds is 6. The van der Waals surface area contributed by atoms with Crippen LogP contribution < -0.4 is 5.32 Å². The minimum absolute atomic E-state index is 0.146. The highest BCUT2D eigenvalue weighted by Crippen LogP contribution is 2.23. The van der Waals surface area contributed by atoms with Gasteiger partial charge in [0, 0.05) is 18.2 Å². The van der Waals surface area contributed by atoms with Gasteiger partial charge in [0.1, 0.15) is 0 Å². The van der Waals surface area contributed by atoms with Crippen LogP contribution in [-0.2, 0) is 17.8 Å². The predicted octanol–water partition coefficient (Wildman–Crippen LogP) is 3.04. The molecule has 2 rings (SSSR count). The minimum atomic E-state index is 0.146. The number of nitrogens with zero attached hydrogens (tertiary/aromatic N) is 3. The van der Waals surface area contributed by atoms with E-state index in [1.807, 2.05) is 18.5 Å². The standard InChI is InChI=1S/C18H28N4O/c1-13-5-7-16(8-6-13)20-18(23)10-9-17-14(2)21-22(15(17)3)12-4-11-19/h13,16H,4-10,12H2,1-3H3,(H,20,23). The number of amides is 1. The van der Waals surface area contributed by atoms with Gasteiger partial charge in [-0.3, -0.25) is 9.48 Å². The quantitative estimate of drug-likeness (QED) is 0.877. The van der Waals surface area contributed by atoms with Crippen LogP contribution in [0, 0.1) is 31.1 Å². The smallest absolute Gasteiger partial charge is 0.220 e. The van der Waals surface area contributed by atoms with Gasteiger partial charge in [-0.15, -0.1) is 0 Å². The fourth-order valence-electron chi connectivity index (χ4n) is 3.41. The molecule has 0 bridgehead atoms. The first kappa shape index (κ1) is 17.5. The van der Waals surface area contributed by atoms with E-state index >= 15 is 0 Å². The molecule has 0 spiro atoms. The lowest BCUT2D eigenvalue weighted by atomic mass is 9.87. The molecule has 1 aliphatic rings. The topological polar surface area (TPSA) is 70.7 Å². The molecule has 23 heavy (non-hydrogen) atoms. The van der Waals surface area contributed by atoms with E-state index in [9.17, 15) is 4.79 Å². The van der Waals surface area contributed by atoms with Crippen molar-refractivity contribution in [3.05, 3.63) is 17.0 Å². The Balaban J connectivity index is 1.84. The van der Waals surface area contributed by atoms with Crippen LogP contribution in [0.25, 0.3) is 0 Å². The third-order valence-corrected chi connectivity index (χ3v) is 4.95.